The van der Waals surface area contributed by atoms with Crippen LogP contribution in [0.5, 0.6) is 0 Å². The van der Waals surface area contributed by atoms with E-state index in [0.29, 0.717) is 12.6 Å². The standard InChI is InChI=1S/C12H23ClN2O2S/c1-10-8-14-6-4-3-5-12(14)9-15(10)18(16,17)11(2)7-13/h10-12H,3-9H2,1-2H3. The summed E-state index contributed by atoms with van der Waals surface area (Å²) in [4.78, 5) is 2.45. The summed E-state index contributed by atoms with van der Waals surface area (Å²) in [6, 6.07) is 0.474. The topological polar surface area (TPSA) is 40.6 Å². The predicted octanol–water partition coefficient (Wildman–Crippen LogP) is 1.50. The zero-order valence-corrected chi connectivity index (χ0v) is 12.8. The Morgan fingerprint density at radius 1 is 1.33 bits per heavy atom. The molecule has 3 atom stereocenters. The molecule has 0 aromatic carbocycles. The first-order chi connectivity index (χ1) is 8.46. The second-order valence-electron chi connectivity index (χ2n) is 5.57. The van der Waals surface area contributed by atoms with Crippen molar-refractivity contribution in [2.75, 3.05) is 25.5 Å². The Kier molecular flexibility index (Phi) is 4.57. The molecule has 0 amide bonds. The summed E-state index contributed by atoms with van der Waals surface area (Å²) in [6.45, 7) is 6.32. The summed E-state index contributed by atoms with van der Waals surface area (Å²) in [5.74, 6) is 0.167. The minimum Gasteiger partial charge on any atom is -0.297 e. The van der Waals surface area contributed by atoms with Crippen LogP contribution in [-0.4, -0.2) is 60.5 Å². The van der Waals surface area contributed by atoms with E-state index in [4.69, 9.17) is 11.6 Å². The number of hydrogen-bond acceptors (Lipinski definition) is 3. The van der Waals surface area contributed by atoms with E-state index in [1.165, 1.54) is 12.8 Å². The first-order valence-electron chi connectivity index (χ1n) is 6.77. The lowest BCUT2D eigenvalue weighted by Gasteiger charge is -2.47. The van der Waals surface area contributed by atoms with E-state index in [1.807, 2.05) is 6.92 Å². The number of piperazine rings is 1. The van der Waals surface area contributed by atoms with Crippen LogP contribution in [0.25, 0.3) is 0 Å². The highest BCUT2D eigenvalue weighted by atomic mass is 35.5. The van der Waals surface area contributed by atoms with Crippen LogP contribution < -0.4 is 0 Å². The van der Waals surface area contributed by atoms with Crippen LogP contribution in [0, 0.1) is 0 Å². The fourth-order valence-corrected chi connectivity index (χ4v) is 5.04. The average Bonchev–Trinajstić information content (AvgIpc) is 2.36. The summed E-state index contributed by atoms with van der Waals surface area (Å²) in [5.41, 5.74) is 0. The van der Waals surface area contributed by atoms with Gasteiger partial charge in [-0.05, 0) is 33.2 Å². The molecule has 18 heavy (non-hydrogen) atoms. The zero-order chi connectivity index (χ0) is 13.3. The van der Waals surface area contributed by atoms with Gasteiger partial charge in [-0.3, -0.25) is 4.90 Å². The lowest BCUT2D eigenvalue weighted by atomic mass is 9.99. The zero-order valence-electron chi connectivity index (χ0n) is 11.2. The van der Waals surface area contributed by atoms with Crippen LogP contribution in [0.4, 0.5) is 0 Å². The molecule has 0 bridgehead atoms. The fraction of sp³-hybridized carbons (Fsp3) is 1.00. The maximum Gasteiger partial charge on any atom is 0.218 e. The number of nitrogens with zero attached hydrogens (tertiary/aromatic N) is 2. The number of hydrogen-bond donors (Lipinski definition) is 0. The van der Waals surface area contributed by atoms with Gasteiger partial charge in [-0.15, -0.1) is 11.6 Å². The number of piperidine rings is 1. The van der Waals surface area contributed by atoms with Crippen LogP contribution in [0.1, 0.15) is 33.1 Å². The molecule has 0 saturated carbocycles. The van der Waals surface area contributed by atoms with Gasteiger partial charge in [-0.2, -0.15) is 4.31 Å². The molecule has 2 aliphatic rings. The molecular formula is C12H23ClN2O2S. The predicted molar refractivity (Wildman–Crippen MR) is 74.5 cm³/mol. The Bertz CT molecular complexity index is 388. The number of alkyl halides is 1. The highest BCUT2D eigenvalue weighted by Crippen LogP contribution is 2.27. The van der Waals surface area contributed by atoms with Gasteiger partial charge in [0.2, 0.25) is 10.0 Å². The molecule has 0 spiro atoms. The van der Waals surface area contributed by atoms with Crippen molar-refractivity contribution in [3.63, 3.8) is 0 Å². The summed E-state index contributed by atoms with van der Waals surface area (Å²) in [6.07, 6.45) is 3.58. The molecule has 2 heterocycles. The SMILES string of the molecule is CC1CN2CCCCC2CN1S(=O)(=O)C(C)CCl. The van der Waals surface area contributed by atoms with Gasteiger partial charge < -0.3 is 0 Å². The summed E-state index contributed by atoms with van der Waals surface area (Å²) < 4.78 is 26.5. The average molecular weight is 295 g/mol. The third kappa shape index (κ3) is 2.69. The van der Waals surface area contributed by atoms with Crippen LogP contribution in [0.3, 0.4) is 0 Å². The van der Waals surface area contributed by atoms with E-state index in [2.05, 4.69) is 4.90 Å². The molecule has 3 unspecified atom stereocenters. The molecule has 0 radical (unpaired) electrons. The maximum atomic E-state index is 12.4. The van der Waals surface area contributed by atoms with E-state index < -0.39 is 15.3 Å². The Labute approximate surface area is 115 Å². The van der Waals surface area contributed by atoms with E-state index in [-0.39, 0.29) is 11.9 Å². The van der Waals surface area contributed by atoms with Crippen molar-refractivity contribution >= 4 is 21.6 Å². The second kappa shape index (κ2) is 5.65. The van der Waals surface area contributed by atoms with Gasteiger partial charge in [-0.25, -0.2) is 8.42 Å². The number of rotatable bonds is 3. The molecule has 0 aromatic heterocycles. The van der Waals surface area contributed by atoms with E-state index in [0.717, 1.165) is 19.5 Å². The molecule has 0 aliphatic carbocycles. The Morgan fingerprint density at radius 3 is 2.72 bits per heavy atom. The van der Waals surface area contributed by atoms with Crippen molar-refractivity contribution in [3.05, 3.63) is 0 Å². The van der Waals surface area contributed by atoms with Crippen LogP contribution in [-0.2, 0) is 10.0 Å². The maximum absolute atomic E-state index is 12.4. The minimum atomic E-state index is -3.24. The number of fused-ring (bicyclic) bond motifs is 1. The van der Waals surface area contributed by atoms with Crippen molar-refractivity contribution in [3.8, 4) is 0 Å². The van der Waals surface area contributed by atoms with Gasteiger partial charge in [0.25, 0.3) is 0 Å². The summed E-state index contributed by atoms with van der Waals surface area (Å²) in [5, 5.41) is -0.489. The monoisotopic (exact) mass is 294 g/mol. The first kappa shape index (κ1) is 14.6. The summed E-state index contributed by atoms with van der Waals surface area (Å²) in [7, 11) is -3.24. The van der Waals surface area contributed by atoms with Crippen molar-refractivity contribution < 1.29 is 8.42 Å². The highest BCUT2D eigenvalue weighted by molar-refractivity contribution is 7.89. The molecule has 2 rings (SSSR count). The molecule has 0 N–H and O–H groups in total. The highest BCUT2D eigenvalue weighted by Gasteiger charge is 2.40. The Balaban J connectivity index is 2.14. The molecule has 2 aliphatic heterocycles. The number of sulfonamides is 1. The van der Waals surface area contributed by atoms with Crippen molar-refractivity contribution in [1.29, 1.82) is 0 Å². The molecule has 0 aromatic rings. The smallest absolute Gasteiger partial charge is 0.218 e. The van der Waals surface area contributed by atoms with Crippen LogP contribution >= 0.6 is 11.6 Å². The fourth-order valence-electron chi connectivity index (χ4n) is 2.99. The van der Waals surface area contributed by atoms with Gasteiger partial charge in [0.1, 0.15) is 0 Å². The van der Waals surface area contributed by atoms with Crippen LogP contribution in [0.15, 0.2) is 0 Å². The second-order valence-corrected chi connectivity index (χ2v) is 8.19. The molecule has 4 nitrogen and oxygen atoms in total. The van der Waals surface area contributed by atoms with Gasteiger partial charge in [0, 0.05) is 31.1 Å². The Morgan fingerprint density at radius 2 is 2.06 bits per heavy atom. The van der Waals surface area contributed by atoms with Gasteiger partial charge in [-0.1, -0.05) is 6.42 Å². The third-order valence-corrected chi connectivity index (χ3v) is 7.17. The molecule has 2 saturated heterocycles. The van der Waals surface area contributed by atoms with Crippen molar-refractivity contribution in [2.24, 2.45) is 0 Å². The third-order valence-electron chi connectivity index (χ3n) is 4.18. The van der Waals surface area contributed by atoms with Crippen molar-refractivity contribution in [2.45, 2.75) is 50.4 Å². The molecule has 106 valence electrons. The van der Waals surface area contributed by atoms with Crippen molar-refractivity contribution in [1.82, 2.24) is 9.21 Å². The van der Waals surface area contributed by atoms with E-state index in [9.17, 15) is 8.42 Å². The first-order valence-corrected chi connectivity index (χ1v) is 8.81. The largest absolute Gasteiger partial charge is 0.297 e. The van der Waals surface area contributed by atoms with Gasteiger partial charge in [0.05, 0.1) is 5.25 Å². The molecular weight excluding hydrogens is 272 g/mol. The lowest BCUT2D eigenvalue weighted by molar-refractivity contribution is 0.0561. The molecule has 2 fully saturated rings. The van der Waals surface area contributed by atoms with Gasteiger partial charge >= 0.3 is 0 Å². The quantitative estimate of drug-likeness (QED) is 0.741. The molecule has 6 heteroatoms. The van der Waals surface area contributed by atoms with Gasteiger partial charge in [0.15, 0.2) is 0 Å². The summed E-state index contributed by atoms with van der Waals surface area (Å²) >= 11 is 5.72. The Hall–Kier alpha value is 0.160. The normalized spacial score (nSPS) is 33.1. The number of halogens is 1. The van der Waals surface area contributed by atoms with E-state index in [1.54, 1.807) is 11.2 Å². The van der Waals surface area contributed by atoms with E-state index >= 15 is 0 Å². The minimum absolute atomic E-state index is 0.0648. The lowest BCUT2D eigenvalue weighted by Crippen LogP contribution is -2.61. The van der Waals surface area contributed by atoms with Crippen LogP contribution in [0.2, 0.25) is 0 Å².